The number of likely N-dealkylation sites (N-methyl/N-ethyl adjacent to an activating group) is 1. The van der Waals surface area contributed by atoms with E-state index in [1.54, 1.807) is 12.1 Å². The van der Waals surface area contributed by atoms with E-state index < -0.39 is 0 Å². The van der Waals surface area contributed by atoms with Gasteiger partial charge in [0.05, 0.1) is 0 Å². The van der Waals surface area contributed by atoms with Gasteiger partial charge in [-0.2, -0.15) is 0 Å². The minimum atomic E-state index is -0.166. The predicted molar refractivity (Wildman–Crippen MR) is 63.2 cm³/mol. The van der Waals surface area contributed by atoms with Crippen LogP contribution in [0.25, 0.3) is 6.08 Å². The third-order valence-corrected chi connectivity index (χ3v) is 2.48. The molecule has 0 saturated heterocycles. The van der Waals surface area contributed by atoms with Gasteiger partial charge >= 0.3 is 0 Å². The molecule has 15 heavy (non-hydrogen) atoms. The van der Waals surface area contributed by atoms with Crippen molar-refractivity contribution < 1.29 is 4.39 Å². The molecule has 82 valence electrons. The van der Waals surface area contributed by atoms with E-state index in [2.05, 4.69) is 19.2 Å². The Balaban J connectivity index is 2.82. The Bertz CT molecular complexity index is 344. The number of nitrogens with one attached hydrogen (secondary N) is 1. The van der Waals surface area contributed by atoms with E-state index in [0.717, 1.165) is 12.1 Å². The first kappa shape index (κ1) is 11.9. The summed E-state index contributed by atoms with van der Waals surface area (Å²) in [5.74, 6) is -0.166. The van der Waals surface area contributed by atoms with Gasteiger partial charge in [0.1, 0.15) is 5.82 Å². The van der Waals surface area contributed by atoms with E-state index in [1.165, 1.54) is 6.07 Å². The fourth-order valence-electron chi connectivity index (χ4n) is 1.43. The fourth-order valence-corrected chi connectivity index (χ4v) is 1.43. The Morgan fingerprint density at radius 3 is 2.73 bits per heavy atom. The van der Waals surface area contributed by atoms with Crippen LogP contribution in [0, 0.1) is 5.82 Å². The molecule has 1 atom stereocenters. The Kier molecular flexibility index (Phi) is 4.50. The summed E-state index contributed by atoms with van der Waals surface area (Å²) in [4.78, 5) is 0. The van der Waals surface area contributed by atoms with E-state index >= 15 is 0 Å². The van der Waals surface area contributed by atoms with Crippen LogP contribution < -0.4 is 5.32 Å². The highest BCUT2D eigenvalue weighted by atomic mass is 19.1. The van der Waals surface area contributed by atoms with Crippen LogP contribution >= 0.6 is 0 Å². The molecule has 0 bridgehead atoms. The lowest BCUT2D eigenvalue weighted by molar-refractivity contribution is 0.622. The van der Waals surface area contributed by atoms with Gasteiger partial charge in [0.15, 0.2) is 0 Å². The van der Waals surface area contributed by atoms with Gasteiger partial charge in [0, 0.05) is 11.6 Å². The van der Waals surface area contributed by atoms with Crippen LogP contribution in [0.4, 0.5) is 4.39 Å². The maximum atomic E-state index is 13.3. The van der Waals surface area contributed by atoms with Crippen molar-refractivity contribution in [3.05, 3.63) is 41.2 Å². The third-order valence-electron chi connectivity index (χ3n) is 2.48. The van der Waals surface area contributed by atoms with Crippen molar-refractivity contribution in [2.45, 2.75) is 26.8 Å². The summed E-state index contributed by atoms with van der Waals surface area (Å²) in [5.41, 5.74) is 1.79. The highest BCUT2D eigenvalue weighted by Gasteiger charge is 2.03. The summed E-state index contributed by atoms with van der Waals surface area (Å²) in [7, 11) is 0. The highest BCUT2D eigenvalue weighted by Crippen LogP contribution is 2.13. The van der Waals surface area contributed by atoms with Crippen LogP contribution in [0.1, 0.15) is 26.3 Å². The molecule has 0 spiro atoms. The standard InChI is InChI=1S/C13H18FN/c1-4-15-11(3)10(2)9-12-7-5-6-8-13(12)14/h5-9,11,15H,4H2,1-3H3/b10-9+. The first-order valence-corrected chi connectivity index (χ1v) is 5.31. The zero-order valence-corrected chi connectivity index (χ0v) is 9.55. The smallest absolute Gasteiger partial charge is 0.130 e. The van der Waals surface area contributed by atoms with Crippen molar-refractivity contribution in [3.63, 3.8) is 0 Å². The Morgan fingerprint density at radius 2 is 2.13 bits per heavy atom. The van der Waals surface area contributed by atoms with Crippen molar-refractivity contribution >= 4 is 6.08 Å². The second kappa shape index (κ2) is 5.66. The zero-order chi connectivity index (χ0) is 11.3. The molecule has 2 heteroatoms. The predicted octanol–water partition coefficient (Wildman–Crippen LogP) is 3.23. The number of hydrogen-bond donors (Lipinski definition) is 1. The molecule has 1 unspecified atom stereocenters. The van der Waals surface area contributed by atoms with Crippen LogP contribution in [-0.2, 0) is 0 Å². The lowest BCUT2D eigenvalue weighted by Crippen LogP contribution is -2.26. The lowest BCUT2D eigenvalue weighted by atomic mass is 10.1. The fraction of sp³-hybridized carbons (Fsp3) is 0.385. The lowest BCUT2D eigenvalue weighted by Gasteiger charge is -2.13. The largest absolute Gasteiger partial charge is 0.311 e. The molecular weight excluding hydrogens is 189 g/mol. The molecule has 1 aromatic carbocycles. The van der Waals surface area contributed by atoms with Crippen molar-refractivity contribution in [2.75, 3.05) is 6.54 Å². The average molecular weight is 207 g/mol. The Hall–Kier alpha value is -1.15. The normalized spacial score (nSPS) is 14.0. The second-order valence-electron chi connectivity index (χ2n) is 3.69. The van der Waals surface area contributed by atoms with E-state index in [4.69, 9.17) is 0 Å². The molecule has 0 heterocycles. The van der Waals surface area contributed by atoms with Crippen molar-refractivity contribution in [2.24, 2.45) is 0 Å². The first-order chi connectivity index (χ1) is 7.15. The van der Waals surface area contributed by atoms with Crippen molar-refractivity contribution in [3.8, 4) is 0 Å². The topological polar surface area (TPSA) is 12.0 Å². The number of benzene rings is 1. The molecule has 1 aromatic rings. The molecule has 1 nitrogen and oxygen atoms in total. The van der Waals surface area contributed by atoms with Crippen LogP contribution in [0.3, 0.4) is 0 Å². The summed E-state index contributed by atoms with van der Waals surface area (Å²) in [6.07, 6.45) is 1.89. The van der Waals surface area contributed by atoms with Gasteiger partial charge in [-0.1, -0.05) is 36.8 Å². The summed E-state index contributed by atoms with van der Waals surface area (Å²) >= 11 is 0. The maximum absolute atomic E-state index is 13.3. The SMILES string of the molecule is CCNC(C)/C(C)=C/c1ccccc1F. The van der Waals surface area contributed by atoms with Crippen molar-refractivity contribution in [1.29, 1.82) is 0 Å². The second-order valence-corrected chi connectivity index (χ2v) is 3.69. The van der Waals surface area contributed by atoms with E-state index in [1.807, 2.05) is 19.1 Å². The first-order valence-electron chi connectivity index (χ1n) is 5.31. The van der Waals surface area contributed by atoms with Gasteiger partial charge in [-0.05, 0) is 26.5 Å². The highest BCUT2D eigenvalue weighted by molar-refractivity contribution is 5.53. The molecular formula is C13H18FN. The maximum Gasteiger partial charge on any atom is 0.130 e. The Labute approximate surface area is 91.0 Å². The molecule has 0 aromatic heterocycles. The minimum absolute atomic E-state index is 0.166. The van der Waals surface area contributed by atoms with Crippen LogP contribution in [0.5, 0.6) is 0 Å². The molecule has 1 rings (SSSR count). The summed E-state index contributed by atoms with van der Waals surface area (Å²) < 4.78 is 13.3. The molecule has 0 fully saturated rings. The zero-order valence-electron chi connectivity index (χ0n) is 9.55. The molecule has 1 N–H and O–H groups in total. The molecule has 0 aliphatic carbocycles. The molecule has 0 saturated carbocycles. The average Bonchev–Trinajstić information content (AvgIpc) is 2.21. The quantitative estimate of drug-likeness (QED) is 0.799. The summed E-state index contributed by atoms with van der Waals surface area (Å²) in [6.45, 7) is 7.08. The summed E-state index contributed by atoms with van der Waals surface area (Å²) in [6, 6.07) is 7.11. The van der Waals surface area contributed by atoms with Gasteiger partial charge in [-0.25, -0.2) is 4.39 Å². The minimum Gasteiger partial charge on any atom is -0.311 e. The Morgan fingerprint density at radius 1 is 1.47 bits per heavy atom. The monoisotopic (exact) mass is 207 g/mol. The number of hydrogen-bond acceptors (Lipinski definition) is 1. The molecule has 0 amide bonds. The van der Waals surface area contributed by atoms with Crippen LogP contribution in [0.15, 0.2) is 29.8 Å². The van der Waals surface area contributed by atoms with E-state index in [-0.39, 0.29) is 11.9 Å². The van der Waals surface area contributed by atoms with E-state index in [9.17, 15) is 4.39 Å². The van der Waals surface area contributed by atoms with Gasteiger partial charge in [-0.3, -0.25) is 0 Å². The molecule has 0 aliphatic heterocycles. The number of rotatable bonds is 4. The van der Waals surface area contributed by atoms with Gasteiger partial charge in [0.25, 0.3) is 0 Å². The van der Waals surface area contributed by atoms with Crippen LogP contribution in [-0.4, -0.2) is 12.6 Å². The van der Waals surface area contributed by atoms with E-state index in [0.29, 0.717) is 5.56 Å². The van der Waals surface area contributed by atoms with Gasteiger partial charge in [0.2, 0.25) is 0 Å². The summed E-state index contributed by atoms with van der Waals surface area (Å²) in [5, 5.41) is 3.29. The molecule has 0 aliphatic rings. The van der Waals surface area contributed by atoms with Crippen molar-refractivity contribution in [1.82, 2.24) is 5.32 Å². The van der Waals surface area contributed by atoms with Gasteiger partial charge in [-0.15, -0.1) is 0 Å². The van der Waals surface area contributed by atoms with Crippen LogP contribution in [0.2, 0.25) is 0 Å². The molecule has 0 radical (unpaired) electrons. The number of halogens is 1. The third kappa shape index (κ3) is 3.48. The van der Waals surface area contributed by atoms with Gasteiger partial charge < -0.3 is 5.32 Å².